The summed E-state index contributed by atoms with van der Waals surface area (Å²) in [5.74, 6) is 0. The summed E-state index contributed by atoms with van der Waals surface area (Å²) in [6, 6.07) is 3.81. The van der Waals surface area contributed by atoms with Crippen LogP contribution < -0.4 is 0 Å². The van der Waals surface area contributed by atoms with Gasteiger partial charge in [0.1, 0.15) is 11.6 Å². The Balaban J connectivity index is 2.64. The van der Waals surface area contributed by atoms with Gasteiger partial charge in [-0.15, -0.1) is 5.10 Å². The van der Waals surface area contributed by atoms with Gasteiger partial charge in [0, 0.05) is 10.8 Å². The van der Waals surface area contributed by atoms with Gasteiger partial charge in [-0.1, -0.05) is 5.21 Å². The zero-order valence-corrected chi connectivity index (χ0v) is 7.47. The van der Waals surface area contributed by atoms with Crippen molar-refractivity contribution in [2.75, 3.05) is 0 Å². The number of benzene rings is 1. The monoisotopic (exact) mass is 196 g/mol. The predicted molar refractivity (Wildman–Crippen MR) is 51.7 cm³/mol. The van der Waals surface area contributed by atoms with Crippen molar-refractivity contribution >= 4 is 21.8 Å². The fourth-order valence-electron chi connectivity index (χ4n) is 1.57. The first kappa shape index (κ1) is 7.82. The molecule has 15 heavy (non-hydrogen) atoms. The van der Waals surface area contributed by atoms with E-state index in [0.717, 1.165) is 16.3 Å². The molecular formula is C9H4N6. The van der Waals surface area contributed by atoms with Gasteiger partial charge in [-0.25, -0.2) is 0 Å². The second-order valence-electron chi connectivity index (χ2n) is 3.06. The van der Waals surface area contributed by atoms with Gasteiger partial charge in [0.15, 0.2) is 0 Å². The summed E-state index contributed by atoms with van der Waals surface area (Å²) in [6.07, 6.45) is 3.23. The molecule has 0 radical (unpaired) electrons. The van der Waals surface area contributed by atoms with Crippen LogP contribution in [0.4, 0.5) is 0 Å². The molecule has 3 rings (SSSR count). The van der Waals surface area contributed by atoms with Gasteiger partial charge in [0.25, 0.3) is 0 Å². The van der Waals surface area contributed by atoms with Crippen LogP contribution in [-0.2, 0) is 0 Å². The highest BCUT2D eigenvalue weighted by atomic mass is 15.3. The molecule has 0 saturated heterocycles. The Kier molecular flexibility index (Phi) is 1.42. The Labute approximate surface area is 83.5 Å². The SMILES string of the molecule is N#Cc1cc2cnncc2c2[nH]nnc12. The van der Waals surface area contributed by atoms with E-state index in [1.165, 1.54) is 0 Å². The maximum Gasteiger partial charge on any atom is 0.131 e. The Morgan fingerprint density at radius 3 is 3.00 bits per heavy atom. The molecule has 1 aromatic carbocycles. The number of aromatic nitrogens is 5. The van der Waals surface area contributed by atoms with Crippen molar-refractivity contribution in [1.29, 1.82) is 5.26 Å². The lowest BCUT2D eigenvalue weighted by atomic mass is 10.1. The van der Waals surface area contributed by atoms with Gasteiger partial charge in [-0.3, -0.25) is 5.10 Å². The molecule has 0 unspecified atom stereocenters. The fourth-order valence-corrected chi connectivity index (χ4v) is 1.57. The molecule has 6 nitrogen and oxygen atoms in total. The van der Waals surface area contributed by atoms with Crippen LogP contribution >= 0.6 is 0 Å². The van der Waals surface area contributed by atoms with E-state index in [2.05, 4.69) is 31.7 Å². The smallest absolute Gasteiger partial charge is 0.131 e. The lowest BCUT2D eigenvalue weighted by Gasteiger charge is -1.97. The second kappa shape index (κ2) is 2.72. The lowest BCUT2D eigenvalue weighted by Crippen LogP contribution is -1.85. The first-order chi connectivity index (χ1) is 7.40. The number of nitriles is 1. The summed E-state index contributed by atoms with van der Waals surface area (Å²) in [5.41, 5.74) is 1.77. The van der Waals surface area contributed by atoms with Crippen LogP contribution in [0, 0.1) is 11.3 Å². The molecule has 0 spiro atoms. The highest BCUT2D eigenvalue weighted by Gasteiger charge is 2.09. The maximum atomic E-state index is 8.95. The molecule has 2 heterocycles. The van der Waals surface area contributed by atoms with Crippen molar-refractivity contribution < 1.29 is 0 Å². The number of hydrogen-bond acceptors (Lipinski definition) is 5. The summed E-state index contributed by atoms with van der Waals surface area (Å²) in [4.78, 5) is 0. The normalized spacial score (nSPS) is 10.6. The first-order valence-corrected chi connectivity index (χ1v) is 4.24. The average Bonchev–Trinajstić information content (AvgIpc) is 2.77. The van der Waals surface area contributed by atoms with Crippen molar-refractivity contribution in [3.8, 4) is 6.07 Å². The van der Waals surface area contributed by atoms with E-state index in [4.69, 9.17) is 5.26 Å². The number of aromatic amines is 1. The number of hydrogen-bond donors (Lipinski definition) is 1. The quantitative estimate of drug-likeness (QED) is 0.573. The summed E-state index contributed by atoms with van der Waals surface area (Å²) in [6.45, 7) is 0. The molecule has 3 aromatic rings. The minimum atomic E-state index is 0.485. The topological polar surface area (TPSA) is 91.1 Å². The third-order valence-corrected chi connectivity index (χ3v) is 2.25. The van der Waals surface area contributed by atoms with E-state index in [-0.39, 0.29) is 0 Å². The molecule has 0 amide bonds. The van der Waals surface area contributed by atoms with Gasteiger partial charge in [-0.05, 0) is 6.07 Å². The number of nitrogens with zero attached hydrogens (tertiary/aromatic N) is 5. The molecule has 0 aliphatic rings. The van der Waals surface area contributed by atoms with Crippen molar-refractivity contribution in [2.45, 2.75) is 0 Å². The molecule has 0 aliphatic heterocycles. The van der Waals surface area contributed by atoms with E-state index in [9.17, 15) is 0 Å². The van der Waals surface area contributed by atoms with Gasteiger partial charge in [-0.2, -0.15) is 15.5 Å². The van der Waals surface area contributed by atoms with Gasteiger partial charge in [0.05, 0.1) is 23.5 Å². The molecular weight excluding hydrogens is 192 g/mol. The second-order valence-corrected chi connectivity index (χ2v) is 3.06. The summed E-state index contributed by atoms with van der Waals surface area (Å²) >= 11 is 0. The summed E-state index contributed by atoms with van der Waals surface area (Å²) in [5, 5.41) is 28.5. The van der Waals surface area contributed by atoms with Crippen molar-refractivity contribution in [3.63, 3.8) is 0 Å². The van der Waals surface area contributed by atoms with E-state index in [1.807, 2.05) is 0 Å². The van der Waals surface area contributed by atoms with Crippen LogP contribution in [0.15, 0.2) is 18.5 Å². The summed E-state index contributed by atoms with van der Waals surface area (Å²) < 4.78 is 0. The average molecular weight is 196 g/mol. The zero-order chi connectivity index (χ0) is 10.3. The molecule has 0 aliphatic carbocycles. The molecule has 0 fully saturated rings. The molecule has 6 heteroatoms. The zero-order valence-electron chi connectivity index (χ0n) is 7.47. The first-order valence-electron chi connectivity index (χ1n) is 4.24. The Bertz CT molecular complexity index is 692. The molecule has 70 valence electrons. The van der Waals surface area contributed by atoms with E-state index >= 15 is 0 Å². The van der Waals surface area contributed by atoms with Crippen molar-refractivity contribution in [2.24, 2.45) is 0 Å². The minimum Gasteiger partial charge on any atom is -0.257 e. The van der Waals surface area contributed by atoms with Crippen molar-refractivity contribution in [3.05, 3.63) is 24.0 Å². The van der Waals surface area contributed by atoms with Crippen LogP contribution in [0.3, 0.4) is 0 Å². The van der Waals surface area contributed by atoms with Crippen LogP contribution in [0.2, 0.25) is 0 Å². The molecule has 0 bridgehead atoms. The standard InChI is InChI=1S/C9H4N6/c10-2-5-1-6-3-11-12-4-7(6)9-8(5)13-15-14-9/h1,3-4H,(H,13,14,15). The van der Waals surface area contributed by atoms with E-state index < -0.39 is 0 Å². The number of rotatable bonds is 0. The van der Waals surface area contributed by atoms with E-state index in [0.29, 0.717) is 11.1 Å². The van der Waals surface area contributed by atoms with Crippen molar-refractivity contribution in [1.82, 2.24) is 25.6 Å². The van der Waals surface area contributed by atoms with Crippen LogP contribution in [0.25, 0.3) is 21.8 Å². The maximum absolute atomic E-state index is 8.95. The molecule has 0 saturated carbocycles. The predicted octanol–water partition coefficient (Wildman–Crippen LogP) is 0.773. The lowest BCUT2D eigenvalue weighted by molar-refractivity contribution is 0.959. The van der Waals surface area contributed by atoms with Gasteiger partial charge in [0.2, 0.25) is 0 Å². The van der Waals surface area contributed by atoms with Crippen LogP contribution in [0.5, 0.6) is 0 Å². The summed E-state index contributed by atoms with van der Waals surface area (Å²) in [7, 11) is 0. The Morgan fingerprint density at radius 2 is 2.13 bits per heavy atom. The van der Waals surface area contributed by atoms with Gasteiger partial charge < -0.3 is 0 Å². The minimum absolute atomic E-state index is 0.485. The number of nitrogens with one attached hydrogen (secondary N) is 1. The Hall–Kier alpha value is -2.55. The highest BCUT2D eigenvalue weighted by molar-refractivity contribution is 6.05. The molecule has 2 aromatic heterocycles. The number of fused-ring (bicyclic) bond motifs is 3. The molecule has 0 atom stereocenters. The fraction of sp³-hybridized carbons (Fsp3) is 0. The van der Waals surface area contributed by atoms with Gasteiger partial charge >= 0.3 is 0 Å². The largest absolute Gasteiger partial charge is 0.257 e. The highest BCUT2D eigenvalue weighted by Crippen LogP contribution is 2.23. The Morgan fingerprint density at radius 1 is 1.27 bits per heavy atom. The third-order valence-electron chi connectivity index (χ3n) is 2.25. The number of H-pyrrole nitrogens is 1. The molecule has 1 N–H and O–H groups in total. The van der Waals surface area contributed by atoms with Crippen LogP contribution in [-0.4, -0.2) is 25.6 Å². The van der Waals surface area contributed by atoms with Crippen LogP contribution in [0.1, 0.15) is 5.56 Å². The third kappa shape index (κ3) is 0.971. The van der Waals surface area contributed by atoms with E-state index in [1.54, 1.807) is 18.5 Å².